The number of carbonyl (C=O) groups is 1. The molecule has 0 aliphatic rings. The van der Waals surface area contributed by atoms with Gasteiger partial charge in [0, 0.05) is 26.8 Å². The summed E-state index contributed by atoms with van der Waals surface area (Å²) in [4.78, 5) is 20.9. The number of carboxylic acid groups (broad SMARTS) is 1. The first-order valence-electron chi connectivity index (χ1n) is 5.97. The molecule has 0 radical (unpaired) electrons. The predicted molar refractivity (Wildman–Crippen MR) is 70.9 cm³/mol. The maximum absolute atomic E-state index is 10.6. The van der Waals surface area contributed by atoms with Gasteiger partial charge in [-0.1, -0.05) is 6.92 Å². The number of nitrogens with one attached hydrogen (secondary N) is 1. The molecule has 0 aromatic carbocycles. The zero-order valence-electron chi connectivity index (χ0n) is 11.1. The fraction of sp³-hybridized carbons (Fsp3) is 0.583. The molecule has 1 unspecified atom stereocenters. The molecule has 0 saturated heterocycles. The number of aromatic nitrogens is 2. The van der Waals surface area contributed by atoms with Gasteiger partial charge in [-0.2, -0.15) is 4.98 Å². The average molecular weight is 252 g/mol. The fourth-order valence-electron chi connectivity index (χ4n) is 1.41. The van der Waals surface area contributed by atoms with Crippen LogP contribution < -0.4 is 10.2 Å². The topological polar surface area (TPSA) is 78.4 Å². The number of aliphatic carboxylic acids is 1. The van der Waals surface area contributed by atoms with E-state index >= 15 is 0 Å². The summed E-state index contributed by atoms with van der Waals surface area (Å²) in [7, 11) is 3.77. The molecule has 6 nitrogen and oxygen atoms in total. The molecule has 1 rings (SSSR count). The van der Waals surface area contributed by atoms with Gasteiger partial charge >= 0.3 is 5.97 Å². The molecule has 0 amide bonds. The lowest BCUT2D eigenvalue weighted by molar-refractivity contribution is -0.141. The highest BCUT2D eigenvalue weighted by atomic mass is 16.4. The second kappa shape index (κ2) is 6.78. The average Bonchev–Trinajstić information content (AvgIpc) is 2.34. The van der Waals surface area contributed by atoms with Crippen LogP contribution in [0.25, 0.3) is 0 Å². The minimum Gasteiger partial charge on any atom is -0.481 e. The summed E-state index contributed by atoms with van der Waals surface area (Å²) >= 11 is 0. The van der Waals surface area contributed by atoms with Gasteiger partial charge < -0.3 is 15.3 Å². The lowest BCUT2D eigenvalue weighted by atomic mass is 10.1. The van der Waals surface area contributed by atoms with Gasteiger partial charge in [0.25, 0.3) is 0 Å². The summed E-state index contributed by atoms with van der Waals surface area (Å²) in [6, 6.07) is 1.80. The summed E-state index contributed by atoms with van der Waals surface area (Å²) in [5, 5.41) is 11.9. The Bertz CT molecular complexity index is 395. The minimum absolute atomic E-state index is 0.297. The summed E-state index contributed by atoms with van der Waals surface area (Å²) in [5.74, 6) is 0.372. The van der Waals surface area contributed by atoms with Crippen molar-refractivity contribution in [1.82, 2.24) is 9.97 Å². The summed E-state index contributed by atoms with van der Waals surface area (Å²) in [5.41, 5.74) is 0. The number of hydrogen-bond acceptors (Lipinski definition) is 5. The molecule has 0 saturated carbocycles. The van der Waals surface area contributed by atoms with Gasteiger partial charge in [0.05, 0.1) is 5.92 Å². The highest BCUT2D eigenvalue weighted by Crippen LogP contribution is 2.09. The van der Waals surface area contributed by atoms with Crippen molar-refractivity contribution in [3.8, 4) is 0 Å². The summed E-state index contributed by atoms with van der Waals surface area (Å²) in [6.07, 6.45) is 3.16. The first-order valence-corrected chi connectivity index (χ1v) is 5.97. The van der Waals surface area contributed by atoms with Crippen LogP contribution in [0.3, 0.4) is 0 Å². The molecule has 0 bridgehead atoms. The maximum atomic E-state index is 10.6. The highest BCUT2D eigenvalue weighted by Gasteiger charge is 2.09. The van der Waals surface area contributed by atoms with E-state index in [0.717, 1.165) is 12.2 Å². The van der Waals surface area contributed by atoms with E-state index in [2.05, 4.69) is 15.3 Å². The quantitative estimate of drug-likeness (QED) is 0.715. The molecule has 0 fully saturated rings. The summed E-state index contributed by atoms with van der Waals surface area (Å²) in [6.45, 7) is 2.43. The van der Waals surface area contributed by atoms with Crippen molar-refractivity contribution in [2.45, 2.75) is 19.8 Å². The van der Waals surface area contributed by atoms with E-state index < -0.39 is 5.97 Å². The summed E-state index contributed by atoms with van der Waals surface area (Å²) < 4.78 is 0. The number of rotatable bonds is 7. The molecular weight excluding hydrogens is 232 g/mol. The molecule has 0 spiro atoms. The van der Waals surface area contributed by atoms with Crippen molar-refractivity contribution in [2.75, 3.05) is 30.9 Å². The Balaban J connectivity index is 2.35. The first kappa shape index (κ1) is 14.2. The Morgan fingerprint density at radius 2 is 2.28 bits per heavy atom. The lowest BCUT2D eigenvalue weighted by Crippen LogP contribution is -2.14. The SMILES string of the molecule is CC(CCCNc1ccnc(N(C)C)n1)C(=O)O. The lowest BCUT2D eigenvalue weighted by Gasteiger charge is -2.12. The van der Waals surface area contributed by atoms with Crippen LogP contribution in [-0.2, 0) is 4.79 Å². The van der Waals surface area contributed by atoms with Gasteiger partial charge in [-0.05, 0) is 18.9 Å². The van der Waals surface area contributed by atoms with Gasteiger partial charge in [0.2, 0.25) is 5.95 Å². The predicted octanol–water partition coefficient (Wildman–Crippen LogP) is 1.46. The number of hydrogen-bond donors (Lipinski definition) is 2. The Kier molecular flexibility index (Phi) is 5.35. The van der Waals surface area contributed by atoms with Gasteiger partial charge in [-0.3, -0.25) is 4.79 Å². The van der Waals surface area contributed by atoms with E-state index in [4.69, 9.17) is 5.11 Å². The molecule has 1 aromatic rings. The van der Waals surface area contributed by atoms with E-state index in [9.17, 15) is 4.79 Å². The van der Waals surface area contributed by atoms with E-state index in [1.807, 2.05) is 19.0 Å². The van der Waals surface area contributed by atoms with Gasteiger partial charge in [-0.15, -0.1) is 0 Å². The van der Waals surface area contributed by atoms with E-state index in [1.165, 1.54) is 0 Å². The monoisotopic (exact) mass is 252 g/mol. The van der Waals surface area contributed by atoms with E-state index in [0.29, 0.717) is 18.9 Å². The molecule has 100 valence electrons. The Morgan fingerprint density at radius 3 is 2.89 bits per heavy atom. The Labute approximate surface area is 107 Å². The van der Waals surface area contributed by atoms with Crippen LogP contribution in [0.5, 0.6) is 0 Å². The van der Waals surface area contributed by atoms with E-state index in [1.54, 1.807) is 19.2 Å². The van der Waals surface area contributed by atoms with Gasteiger partial charge in [-0.25, -0.2) is 4.98 Å². The molecule has 1 heterocycles. The zero-order valence-corrected chi connectivity index (χ0v) is 11.1. The van der Waals surface area contributed by atoms with Crippen molar-refractivity contribution in [3.05, 3.63) is 12.3 Å². The molecular formula is C12H20N4O2. The van der Waals surface area contributed by atoms with E-state index in [-0.39, 0.29) is 5.92 Å². The third-order valence-corrected chi connectivity index (χ3v) is 2.58. The molecule has 1 aromatic heterocycles. The molecule has 0 aliphatic carbocycles. The van der Waals surface area contributed by atoms with Crippen LogP contribution >= 0.6 is 0 Å². The van der Waals surface area contributed by atoms with Crippen molar-refractivity contribution < 1.29 is 9.90 Å². The number of anilines is 2. The Morgan fingerprint density at radius 1 is 1.56 bits per heavy atom. The second-order valence-corrected chi connectivity index (χ2v) is 4.44. The number of nitrogens with zero attached hydrogens (tertiary/aromatic N) is 3. The van der Waals surface area contributed by atoms with Gasteiger partial charge in [0.1, 0.15) is 5.82 Å². The largest absolute Gasteiger partial charge is 0.481 e. The maximum Gasteiger partial charge on any atom is 0.306 e. The third kappa shape index (κ3) is 4.57. The van der Waals surface area contributed by atoms with Crippen LogP contribution in [0, 0.1) is 5.92 Å². The third-order valence-electron chi connectivity index (χ3n) is 2.58. The second-order valence-electron chi connectivity index (χ2n) is 4.44. The van der Waals surface area contributed by atoms with Crippen LogP contribution in [0.2, 0.25) is 0 Å². The fourth-order valence-corrected chi connectivity index (χ4v) is 1.41. The van der Waals surface area contributed by atoms with Crippen molar-refractivity contribution in [3.63, 3.8) is 0 Å². The van der Waals surface area contributed by atoms with Gasteiger partial charge in [0.15, 0.2) is 0 Å². The van der Waals surface area contributed by atoms with Crippen LogP contribution in [0.15, 0.2) is 12.3 Å². The minimum atomic E-state index is -0.744. The normalized spacial score (nSPS) is 11.9. The smallest absolute Gasteiger partial charge is 0.306 e. The van der Waals surface area contributed by atoms with Crippen molar-refractivity contribution >= 4 is 17.7 Å². The van der Waals surface area contributed by atoms with Crippen LogP contribution in [0.1, 0.15) is 19.8 Å². The molecule has 0 aliphatic heterocycles. The first-order chi connectivity index (χ1) is 8.50. The Hall–Kier alpha value is -1.85. The number of carboxylic acids is 1. The molecule has 2 N–H and O–H groups in total. The van der Waals surface area contributed by atoms with Crippen molar-refractivity contribution in [1.29, 1.82) is 0 Å². The standard InChI is InChI=1S/C12H20N4O2/c1-9(11(17)18)5-4-7-13-10-6-8-14-12(15-10)16(2)3/h6,8-9H,4-5,7H2,1-3H3,(H,17,18)(H,13,14,15). The highest BCUT2D eigenvalue weighted by molar-refractivity contribution is 5.69. The molecule has 1 atom stereocenters. The van der Waals surface area contributed by atoms with Crippen LogP contribution in [0.4, 0.5) is 11.8 Å². The van der Waals surface area contributed by atoms with Crippen LogP contribution in [-0.4, -0.2) is 41.7 Å². The van der Waals surface area contributed by atoms with Crippen molar-refractivity contribution in [2.24, 2.45) is 5.92 Å². The molecule has 6 heteroatoms. The zero-order chi connectivity index (χ0) is 13.5. The molecule has 18 heavy (non-hydrogen) atoms.